The second-order valence-corrected chi connectivity index (χ2v) is 4.72. The van der Waals surface area contributed by atoms with Crippen molar-refractivity contribution in [2.45, 2.75) is 25.8 Å². The number of amidine groups is 1. The second-order valence-electron chi connectivity index (χ2n) is 4.31. The smallest absolute Gasteiger partial charge is 0.0905 e. The normalized spacial score (nSPS) is 10.8. The van der Waals surface area contributed by atoms with Crippen LogP contribution in [0.2, 0.25) is 5.02 Å². The summed E-state index contributed by atoms with van der Waals surface area (Å²) in [7, 11) is 2.08. The fraction of sp³-hybridized carbons (Fsp3) is 0.462. The highest BCUT2D eigenvalue weighted by atomic mass is 35.5. The number of hydrogen-bond acceptors (Lipinski definition) is 2. The van der Waals surface area contributed by atoms with Gasteiger partial charge in [0.15, 0.2) is 0 Å². The Morgan fingerprint density at radius 2 is 2.06 bits per heavy atom. The molecule has 0 amide bonds. The molecule has 94 valence electrons. The van der Waals surface area contributed by atoms with Crippen LogP contribution in [0, 0.1) is 5.41 Å². The van der Waals surface area contributed by atoms with Gasteiger partial charge in [-0.15, -0.1) is 0 Å². The topological polar surface area (TPSA) is 53.1 Å². The van der Waals surface area contributed by atoms with Crippen molar-refractivity contribution in [1.82, 2.24) is 4.90 Å². The molecule has 0 aliphatic carbocycles. The quantitative estimate of drug-likeness (QED) is 0.446. The maximum Gasteiger partial charge on any atom is 0.0905 e. The molecule has 4 heteroatoms. The largest absolute Gasteiger partial charge is 0.388 e. The molecule has 0 aromatic heterocycles. The fourth-order valence-electron chi connectivity index (χ4n) is 1.69. The number of rotatable bonds is 7. The summed E-state index contributed by atoms with van der Waals surface area (Å²) in [5.74, 6) is 0.277. The molecule has 0 atom stereocenters. The van der Waals surface area contributed by atoms with Gasteiger partial charge in [0.2, 0.25) is 0 Å². The van der Waals surface area contributed by atoms with Crippen LogP contribution in [0.25, 0.3) is 0 Å². The SMILES string of the molecule is CN(CCCCC(=N)N)Cc1ccccc1Cl. The van der Waals surface area contributed by atoms with Gasteiger partial charge >= 0.3 is 0 Å². The van der Waals surface area contributed by atoms with E-state index in [9.17, 15) is 0 Å². The minimum Gasteiger partial charge on any atom is -0.388 e. The average Bonchev–Trinajstić information content (AvgIpc) is 2.27. The average molecular weight is 254 g/mol. The van der Waals surface area contributed by atoms with Crippen molar-refractivity contribution in [3.63, 3.8) is 0 Å². The fourth-order valence-corrected chi connectivity index (χ4v) is 1.89. The number of unbranched alkanes of at least 4 members (excludes halogenated alkanes) is 1. The van der Waals surface area contributed by atoms with Crippen LogP contribution < -0.4 is 5.73 Å². The molecule has 0 radical (unpaired) electrons. The van der Waals surface area contributed by atoms with Crippen LogP contribution >= 0.6 is 11.6 Å². The zero-order valence-corrected chi connectivity index (χ0v) is 11.0. The van der Waals surface area contributed by atoms with Crippen molar-refractivity contribution < 1.29 is 0 Å². The number of benzene rings is 1. The number of halogens is 1. The lowest BCUT2D eigenvalue weighted by molar-refractivity contribution is 0.319. The van der Waals surface area contributed by atoms with E-state index in [1.54, 1.807) is 0 Å². The summed E-state index contributed by atoms with van der Waals surface area (Å²) in [6.07, 6.45) is 2.72. The molecule has 1 aromatic carbocycles. The van der Waals surface area contributed by atoms with E-state index in [1.165, 1.54) is 0 Å². The van der Waals surface area contributed by atoms with Gasteiger partial charge in [-0.2, -0.15) is 0 Å². The number of hydrogen-bond donors (Lipinski definition) is 2. The zero-order valence-electron chi connectivity index (χ0n) is 10.2. The van der Waals surface area contributed by atoms with Crippen LogP contribution in [0.3, 0.4) is 0 Å². The van der Waals surface area contributed by atoms with Gasteiger partial charge in [-0.1, -0.05) is 29.8 Å². The van der Waals surface area contributed by atoms with Crippen LogP contribution in [0.5, 0.6) is 0 Å². The van der Waals surface area contributed by atoms with E-state index in [1.807, 2.05) is 18.2 Å². The molecule has 1 aromatic rings. The van der Waals surface area contributed by atoms with Crippen molar-refractivity contribution in [2.75, 3.05) is 13.6 Å². The van der Waals surface area contributed by atoms with Crippen LogP contribution in [-0.2, 0) is 6.54 Å². The van der Waals surface area contributed by atoms with Gasteiger partial charge in [0.25, 0.3) is 0 Å². The Labute approximate surface area is 108 Å². The number of nitrogens with two attached hydrogens (primary N) is 1. The van der Waals surface area contributed by atoms with Crippen molar-refractivity contribution >= 4 is 17.4 Å². The van der Waals surface area contributed by atoms with Gasteiger partial charge in [-0.05, 0) is 38.1 Å². The van der Waals surface area contributed by atoms with Gasteiger partial charge in [0.1, 0.15) is 0 Å². The second kappa shape index (κ2) is 7.30. The molecule has 0 aliphatic heterocycles. The molecule has 0 saturated heterocycles. The summed E-state index contributed by atoms with van der Waals surface area (Å²) >= 11 is 6.10. The Morgan fingerprint density at radius 1 is 1.35 bits per heavy atom. The Balaban J connectivity index is 2.27. The first-order valence-electron chi connectivity index (χ1n) is 5.84. The maximum atomic E-state index is 7.13. The summed E-state index contributed by atoms with van der Waals surface area (Å²) in [5.41, 5.74) is 6.46. The highest BCUT2D eigenvalue weighted by Gasteiger charge is 2.03. The first-order chi connectivity index (χ1) is 8.09. The summed E-state index contributed by atoms with van der Waals surface area (Å²) in [5, 5.41) is 7.96. The molecular formula is C13H20ClN3. The van der Waals surface area contributed by atoms with E-state index in [4.69, 9.17) is 22.7 Å². The predicted octanol–water partition coefficient (Wildman–Crippen LogP) is 2.88. The van der Waals surface area contributed by atoms with E-state index in [0.717, 1.165) is 36.5 Å². The first-order valence-corrected chi connectivity index (χ1v) is 6.22. The minimum atomic E-state index is 0.277. The van der Waals surface area contributed by atoms with E-state index >= 15 is 0 Å². The molecule has 0 unspecified atom stereocenters. The van der Waals surface area contributed by atoms with Crippen LogP contribution in [-0.4, -0.2) is 24.3 Å². The van der Waals surface area contributed by atoms with Crippen LogP contribution in [0.15, 0.2) is 24.3 Å². The Morgan fingerprint density at radius 3 is 2.71 bits per heavy atom. The molecule has 0 bridgehead atoms. The van der Waals surface area contributed by atoms with Crippen LogP contribution in [0.4, 0.5) is 0 Å². The van der Waals surface area contributed by atoms with Crippen molar-refractivity contribution in [3.05, 3.63) is 34.9 Å². The maximum absolute atomic E-state index is 7.13. The Kier molecular flexibility index (Phi) is 6.01. The highest BCUT2D eigenvalue weighted by Crippen LogP contribution is 2.16. The lowest BCUT2D eigenvalue weighted by Crippen LogP contribution is -2.19. The van der Waals surface area contributed by atoms with Crippen molar-refractivity contribution in [3.8, 4) is 0 Å². The van der Waals surface area contributed by atoms with Gasteiger partial charge in [-0.25, -0.2) is 0 Å². The minimum absolute atomic E-state index is 0.277. The third-order valence-electron chi connectivity index (χ3n) is 2.63. The zero-order chi connectivity index (χ0) is 12.7. The molecule has 0 heterocycles. The van der Waals surface area contributed by atoms with Gasteiger partial charge in [-0.3, -0.25) is 5.41 Å². The van der Waals surface area contributed by atoms with E-state index < -0.39 is 0 Å². The van der Waals surface area contributed by atoms with E-state index in [0.29, 0.717) is 6.42 Å². The molecule has 0 aliphatic rings. The summed E-state index contributed by atoms with van der Waals surface area (Å²) in [6.45, 7) is 1.86. The highest BCUT2D eigenvalue weighted by molar-refractivity contribution is 6.31. The third kappa shape index (κ3) is 5.71. The summed E-state index contributed by atoms with van der Waals surface area (Å²) in [6, 6.07) is 7.92. The number of nitrogens with one attached hydrogen (secondary N) is 1. The molecule has 3 nitrogen and oxygen atoms in total. The lowest BCUT2D eigenvalue weighted by atomic mass is 10.2. The van der Waals surface area contributed by atoms with Crippen LogP contribution in [0.1, 0.15) is 24.8 Å². The number of nitrogens with zero attached hydrogens (tertiary/aromatic N) is 1. The molecule has 17 heavy (non-hydrogen) atoms. The van der Waals surface area contributed by atoms with Gasteiger partial charge in [0, 0.05) is 18.0 Å². The molecular weight excluding hydrogens is 234 g/mol. The van der Waals surface area contributed by atoms with E-state index in [-0.39, 0.29) is 5.84 Å². The Bertz CT molecular complexity index is 365. The van der Waals surface area contributed by atoms with E-state index in [2.05, 4.69) is 18.0 Å². The van der Waals surface area contributed by atoms with Gasteiger partial charge in [0.05, 0.1) is 5.84 Å². The van der Waals surface area contributed by atoms with Crippen molar-refractivity contribution in [2.24, 2.45) is 5.73 Å². The predicted molar refractivity (Wildman–Crippen MR) is 73.6 cm³/mol. The lowest BCUT2D eigenvalue weighted by Gasteiger charge is -2.17. The first kappa shape index (κ1) is 14.0. The monoisotopic (exact) mass is 253 g/mol. The Hall–Kier alpha value is -1.06. The summed E-state index contributed by atoms with van der Waals surface area (Å²) in [4.78, 5) is 2.24. The third-order valence-corrected chi connectivity index (χ3v) is 3.00. The molecule has 0 spiro atoms. The van der Waals surface area contributed by atoms with Gasteiger partial charge < -0.3 is 10.6 Å². The molecule has 0 fully saturated rings. The van der Waals surface area contributed by atoms with Crippen molar-refractivity contribution in [1.29, 1.82) is 5.41 Å². The standard InChI is InChI=1S/C13H20ClN3/c1-17(9-5-4-8-13(15)16)10-11-6-2-3-7-12(11)14/h2-3,6-7H,4-5,8-10H2,1H3,(H3,15,16). The molecule has 0 saturated carbocycles. The summed E-state index contributed by atoms with van der Waals surface area (Å²) < 4.78 is 0. The molecule has 1 rings (SSSR count). The molecule has 3 N–H and O–H groups in total.